The number of ether oxygens (including phenoxy) is 2. The lowest BCUT2D eigenvalue weighted by Gasteiger charge is -2.37. The van der Waals surface area contributed by atoms with Gasteiger partial charge >= 0.3 is 0 Å². The molecule has 1 heterocycles. The Labute approximate surface area is 127 Å². The number of aliphatic hydroxyl groups excluding tert-OH is 1. The SMILES string of the molecule is CCCC[C@@H]1[C@@H]2O[C@@H]2[C@@](C)(OCc2ccccc2)C[C@@H]1O. The Morgan fingerprint density at radius 3 is 2.81 bits per heavy atom. The second-order valence-corrected chi connectivity index (χ2v) is 6.69. The minimum Gasteiger partial charge on any atom is -0.393 e. The van der Waals surface area contributed by atoms with Crippen molar-refractivity contribution in [1.82, 2.24) is 0 Å². The maximum Gasteiger partial charge on any atom is 0.113 e. The summed E-state index contributed by atoms with van der Waals surface area (Å²) in [5, 5.41) is 10.5. The molecule has 1 N–H and O–H groups in total. The lowest BCUT2D eigenvalue weighted by molar-refractivity contribution is -0.102. The number of fused-ring (bicyclic) bond motifs is 1. The molecule has 5 atom stereocenters. The number of unbranched alkanes of at least 4 members (excludes halogenated alkanes) is 1. The highest BCUT2D eigenvalue weighted by molar-refractivity contribution is 5.15. The molecule has 3 heteroatoms. The Morgan fingerprint density at radius 1 is 1.33 bits per heavy atom. The van der Waals surface area contributed by atoms with Crippen LogP contribution in [0.3, 0.4) is 0 Å². The quantitative estimate of drug-likeness (QED) is 0.817. The van der Waals surface area contributed by atoms with Crippen LogP contribution in [-0.4, -0.2) is 29.0 Å². The molecule has 2 fully saturated rings. The van der Waals surface area contributed by atoms with Crippen LogP contribution in [-0.2, 0) is 16.1 Å². The van der Waals surface area contributed by atoms with Gasteiger partial charge < -0.3 is 14.6 Å². The molecular weight excluding hydrogens is 264 g/mol. The van der Waals surface area contributed by atoms with E-state index in [-0.39, 0.29) is 23.9 Å². The molecule has 0 aromatic heterocycles. The topological polar surface area (TPSA) is 42.0 Å². The highest BCUT2D eigenvalue weighted by atomic mass is 16.6. The van der Waals surface area contributed by atoms with E-state index in [9.17, 15) is 5.11 Å². The van der Waals surface area contributed by atoms with Gasteiger partial charge in [0.25, 0.3) is 0 Å². The van der Waals surface area contributed by atoms with Crippen molar-refractivity contribution in [2.75, 3.05) is 0 Å². The molecule has 1 saturated carbocycles. The molecule has 0 spiro atoms. The first-order chi connectivity index (χ1) is 10.1. The smallest absolute Gasteiger partial charge is 0.113 e. The van der Waals surface area contributed by atoms with Gasteiger partial charge in [-0.25, -0.2) is 0 Å². The Kier molecular flexibility index (Phi) is 4.34. The Bertz CT molecular complexity index is 459. The minimum atomic E-state index is -0.358. The molecule has 3 nitrogen and oxygen atoms in total. The molecule has 116 valence electrons. The molecule has 0 bridgehead atoms. The van der Waals surface area contributed by atoms with E-state index in [1.165, 1.54) is 12.0 Å². The second kappa shape index (κ2) is 6.07. The van der Waals surface area contributed by atoms with Crippen molar-refractivity contribution in [2.45, 2.75) is 70.1 Å². The van der Waals surface area contributed by atoms with E-state index in [1.807, 2.05) is 18.2 Å². The zero-order chi connectivity index (χ0) is 14.9. The van der Waals surface area contributed by atoms with Crippen molar-refractivity contribution in [1.29, 1.82) is 0 Å². The fourth-order valence-electron chi connectivity index (χ4n) is 3.60. The average Bonchev–Trinajstić information content (AvgIpc) is 3.28. The van der Waals surface area contributed by atoms with E-state index in [0.717, 1.165) is 12.8 Å². The predicted octanol–water partition coefficient (Wildman–Crippen LogP) is 3.30. The molecule has 1 aliphatic carbocycles. The van der Waals surface area contributed by atoms with Gasteiger partial charge in [-0.3, -0.25) is 0 Å². The van der Waals surface area contributed by atoms with Gasteiger partial charge in [-0.2, -0.15) is 0 Å². The van der Waals surface area contributed by atoms with Gasteiger partial charge in [-0.15, -0.1) is 0 Å². The minimum absolute atomic E-state index is 0.159. The number of rotatable bonds is 6. The van der Waals surface area contributed by atoms with Gasteiger partial charge in [0.1, 0.15) is 6.10 Å². The first-order valence-corrected chi connectivity index (χ1v) is 8.15. The summed E-state index contributed by atoms with van der Waals surface area (Å²) < 4.78 is 12.0. The highest BCUT2D eigenvalue weighted by Gasteiger charge is 2.62. The zero-order valence-corrected chi connectivity index (χ0v) is 13.0. The van der Waals surface area contributed by atoms with E-state index in [4.69, 9.17) is 9.47 Å². The summed E-state index contributed by atoms with van der Waals surface area (Å²) in [6, 6.07) is 10.2. The van der Waals surface area contributed by atoms with Crippen LogP contribution in [0.1, 0.15) is 45.1 Å². The Balaban J connectivity index is 1.60. The van der Waals surface area contributed by atoms with Crippen LogP contribution >= 0.6 is 0 Å². The van der Waals surface area contributed by atoms with E-state index in [0.29, 0.717) is 18.9 Å². The van der Waals surface area contributed by atoms with Gasteiger partial charge in [0.15, 0.2) is 0 Å². The molecule has 0 unspecified atom stereocenters. The van der Waals surface area contributed by atoms with E-state index in [1.54, 1.807) is 0 Å². The van der Waals surface area contributed by atoms with Crippen LogP contribution in [0.15, 0.2) is 30.3 Å². The molecule has 1 aromatic carbocycles. The van der Waals surface area contributed by atoms with Crippen LogP contribution in [0.25, 0.3) is 0 Å². The van der Waals surface area contributed by atoms with E-state index >= 15 is 0 Å². The van der Waals surface area contributed by atoms with Gasteiger partial charge in [0.2, 0.25) is 0 Å². The van der Waals surface area contributed by atoms with Crippen molar-refractivity contribution in [3.05, 3.63) is 35.9 Å². The summed E-state index contributed by atoms with van der Waals surface area (Å²) >= 11 is 0. The van der Waals surface area contributed by atoms with Gasteiger partial charge in [-0.1, -0.05) is 50.1 Å². The van der Waals surface area contributed by atoms with Crippen molar-refractivity contribution in [2.24, 2.45) is 5.92 Å². The number of aliphatic hydroxyl groups is 1. The number of hydrogen-bond acceptors (Lipinski definition) is 3. The summed E-state index contributed by atoms with van der Waals surface area (Å²) in [6.07, 6.45) is 4.12. The summed E-state index contributed by atoms with van der Waals surface area (Å²) in [6.45, 7) is 4.85. The number of benzene rings is 1. The molecular formula is C18H26O3. The van der Waals surface area contributed by atoms with Gasteiger partial charge in [0, 0.05) is 12.3 Å². The van der Waals surface area contributed by atoms with Crippen LogP contribution in [0.2, 0.25) is 0 Å². The molecule has 3 rings (SSSR count). The van der Waals surface area contributed by atoms with E-state index in [2.05, 4.69) is 26.0 Å². The Morgan fingerprint density at radius 2 is 2.10 bits per heavy atom. The van der Waals surface area contributed by atoms with Crippen LogP contribution in [0.4, 0.5) is 0 Å². The molecule has 1 aromatic rings. The number of epoxide rings is 1. The largest absolute Gasteiger partial charge is 0.393 e. The first kappa shape index (κ1) is 15.0. The van der Waals surface area contributed by atoms with Gasteiger partial charge in [0.05, 0.1) is 24.4 Å². The molecule has 1 saturated heterocycles. The molecule has 0 amide bonds. The third kappa shape index (κ3) is 3.15. The summed E-state index contributed by atoms with van der Waals surface area (Å²) in [4.78, 5) is 0. The van der Waals surface area contributed by atoms with Crippen LogP contribution in [0, 0.1) is 5.92 Å². The first-order valence-electron chi connectivity index (χ1n) is 8.15. The molecule has 21 heavy (non-hydrogen) atoms. The second-order valence-electron chi connectivity index (χ2n) is 6.69. The summed E-state index contributed by atoms with van der Waals surface area (Å²) in [5.74, 6) is 0.295. The fourth-order valence-corrected chi connectivity index (χ4v) is 3.60. The van der Waals surface area contributed by atoms with Crippen molar-refractivity contribution >= 4 is 0 Å². The maximum absolute atomic E-state index is 10.5. The zero-order valence-electron chi connectivity index (χ0n) is 13.0. The summed E-state index contributed by atoms with van der Waals surface area (Å²) in [5.41, 5.74) is 0.807. The van der Waals surface area contributed by atoms with Gasteiger partial charge in [-0.05, 0) is 18.9 Å². The predicted molar refractivity (Wildman–Crippen MR) is 81.9 cm³/mol. The summed E-state index contributed by atoms with van der Waals surface area (Å²) in [7, 11) is 0. The Hall–Kier alpha value is -0.900. The molecule has 2 aliphatic rings. The third-order valence-electron chi connectivity index (χ3n) is 4.96. The normalized spacial score (nSPS) is 38.0. The lowest BCUT2D eigenvalue weighted by Crippen LogP contribution is -2.48. The standard InChI is InChI=1S/C18H26O3/c1-3-4-10-14-15(19)11-18(2,17-16(14)21-17)20-12-13-8-6-5-7-9-13/h5-9,14-17,19H,3-4,10-12H2,1-2H3/t14-,15-,16-,17-,18-/m0/s1. The fraction of sp³-hybridized carbons (Fsp3) is 0.667. The van der Waals surface area contributed by atoms with Crippen molar-refractivity contribution in [3.8, 4) is 0 Å². The lowest BCUT2D eigenvalue weighted by atomic mass is 9.76. The monoisotopic (exact) mass is 290 g/mol. The maximum atomic E-state index is 10.5. The molecule has 1 aliphatic heterocycles. The van der Waals surface area contributed by atoms with Crippen molar-refractivity contribution in [3.63, 3.8) is 0 Å². The highest BCUT2D eigenvalue weighted by Crippen LogP contribution is 2.50. The third-order valence-corrected chi connectivity index (χ3v) is 4.96. The van der Waals surface area contributed by atoms with Crippen LogP contribution < -0.4 is 0 Å². The van der Waals surface area contributed by atoms with E-state index < -0.39 is 0 Å². The van der Waals surface area contributed by atoms with Crippen molar-refractivity contribution < 1.29 is 14.6 Å². The molecule has 0 radical (unpaired) electrons. The van der Waals surface area contributed by atoms with Crippen LogP contribution in [0.5, 0.6) is 0 Å². The number of hydrogen-bond donors (Lipinski definition) is 1. The average molecular weight is 290 g/mol.